The summed E-state index contributed by atoms with van der Waals surface area (Å²) in [6.07, 6.45) is 0.821. The Bertz CT molecular complexity index is 1100. The molecular formula is C27H32N2O4. The molecule has 0 aliphatic carbocycles. The number of nitrogens with one attached hydrogen (secondary N) is 2. The number of benzene rings is 2. The van der Waals surface area contributed by atoms with Gasteiger partial charge in [0.25, 0.3) is 5.91 Å². The Kier molecular flexibility index (Phi) is 7.93. The van der Waals surface area contributed by atoms with Gasteiger partial charge in [-0.25, -0.2) is 0 Å². The number of carboxylic acids is 1. The van der Waals surface area contributed by atoms with Crippen molar-refractivity contribution in [1.29, 1.82) is 0 Å². The number of amides is 1. The number of carbonyl (C=O) groups is 2. The summed E-state index contributed by atoms with van der Waals surface area (Å²) in [5.74, 6) is 1.00. The van der Waals surface area contributed by atoms with Crippen molar-refractivity contribution in [3.05, 3.63) is 77.0 Å². The van der Waals surface area contributed by atoms with Gasteiger partial charge in [0, 0.05) is 28.9 Å². The molecule has 3 rings (SSSR count). The lowest BCUT2D eigenvalue weighted by molar-refractivity contribution is -0.136. The number of hydrogen-bond acceptors (Lipinski definition) is 4. The van der Waals surface area contributed by atoms with Crippen molar-refractivity contribution in [1.82, 2.24) is 5.32 Å². The number of carboxylic acid groups (broad SMARTS) is 1. The maximum atomic E-state index is 12.4. The van der Waals surface area contributed by atoms with E-state index >= 15 is 0 Å². The standard InChI is InChI=1S/C27H32N2O4/c1-17(2)14-24(23-16-25(33-19(23)4)20-8-6-5-7-9-20)29-21-10-11-22(18(3)15-21)27(32)28-13-12-26(30)31/h5-11,15-17,24,29H,12-14H2,1-4H3,(H,28,32)(H,30,31). The second-order valence-corrected chi connectivity index (χ2v) is 8.74. The molecule has 6 nitrogen and oxygen atoms in total. The summed E-state index contributed by atoms with van der Waals surface area (Å²) in [5, 5.41) is 15.0. The molecule has 1 amide bonds. The van der Waals surface area contributed by atoms with Crippen LogP contribution in [-0.4, -0.2) is 23.5 Å². The fraction of sp³-hybridized carbons (Fsp3) is 0.333. The van der Waals surface area contributed by atoms with Crippen LogP contribution in [0.1, 0.15) is 60.0 Å². The van der Waals surface area contributed by atoms with Crippen LogP contribution >= 0.6 is 0 Å². The number of anilines is 1. The lowest BCUT2D eigenvalue weighted by Gasteiger charge is -2.22. The third-order valence-electron chi connectivity index (χ3n) is 5.53. The highest BCUT2D eigenvalue weighted by Crippen LogP contribution is 2.34. The zero-order valence-electron chi connectivity index (χ0n) is 19.6. The monoisotopic (exact) mass is 448 g/mol. The highest BCUT2D eigenvalue weighted by molar-refractivity contribution is 5.96. The molecular weight excluding hydrogens is 416 g/mol. The van der Waals surface area contributed by atoms with Crippen LogP contribution in [-0.2, 0) is 4.79 Å². The van der Waals surface area contributed by atoms with E-state index in [0.29, 0.717) is 11.5 Å². The maximum Gasteiger partial charge on any atom is 0.305 e. The van der Waals surface area contributed by atoms with Gasteiger partial charge in [-0.2, -0.15) is 0 Å². The number of aliphatic carboxylic acids is 1. The third kappa shape index (κ3) is 6.48. The van der Waals surface area contributed by atoms with Gasteiger partial charge in [-0.1, -0.05) is 44.2 Å². The molecule has 0 fully saturated rings. The molecule has 174 valence electrons. The van der Waals surface area contributed by atoms with Crippen molar-refractivity contribution >= 4 is 17.6 Å². The first-order chi connectivity index (χ1) is 15.7. The van der Waals surface area contributed by atoms with Crippen molar-refractivity contribution in [3.8, 4) is 11.3 Å². The summed E-state index contributed by atoms with van der Waals surface area (Å²) < 4.78 is 6.09. The second-order valence-electron chi connectivity index (χ2n) is 8.74. The van der Waals surface area contributed by atoms with Gasteiger partial charge in [-0.3, -0.25) is 9.59 Å². The van der Waals surface area contributed by atoms with E-state index in [9.17, 15) is 9.59 Å². The second kappa shape index (κ2) is 10.9. The Hall–Kier alpha value is -3.54. The van der Waals surface area contributed by atoms with E-state index in [1.54, 1.807) is 6.07 Å². The SMILES string of the molecule is Cc1cc(NC(CC(C)C)c2cc(-c3ccccc3)oc2C)ccc1C(=O)NCCC(=O)O. The Labute approximate surface area is 195 Å². The van der Waals surface area contributed by atoms with Crippen molar-refractivity contribution < 1.29 is 19.1 Å². The van der Waals surface area contributed by atoms with Crippen molar-refractivity contribution in [2.24, 2.45) is 5.92 Å². The van der Waals surface area contributed by atoms with Crippen LogP contribution < -0.4 is 10.6 Å². The van der Waals surface area contributed by atoms with E-state index in [1.807, 2.05) is 56.3 Å². The van der Waals surface area contributed by atoms with E-state index in [2.05, 4.69) is 30.5 Å². The molecule has 2 aromatic carbocycles. The van der Waals surface area contributed by atoms with E-state index in [4.69, 9.17) is 9.52 Å². The highest BCUT2D eigenvalue weighted by Gasteiger charge is 2.21. The zero-order chi connectivity index (χ0) is 24.0. The molecule has 0 bridgehead atoms. The molecule has 1 atom stereocenters. The van der Waals surface area contributed by atoms with E-state index in [-0.39, 0.29) is 24.9 Å². The Morgan fingerprint density at radius 3 is 2.39 bits per heavy atom. The number of rotatable bonds is 10. The van der Waals surface area contributed by atoms with Crippen LogP contribution in [0.4, 0.5) is 5.69 Å². The first kappa shape index (κ1) is 24.1. The van der Waals surface area contributed by atoms with Crippen LogP contribution in [0.2, 0.25) is 0 Å². The Morgan fingerprint density at radius 1 is 1.03 bits per heavy atom. The first-order valence-electron chi connectivity index (χ1n) is 11.3. The van der Waals surface area contributed by atoms with Crippen molar-refractivity contribution in [2.45, 2.75) is 46.6 Å². The Balaban J connectivity index is 1.80. The number of aryl methyl sites for hydroxylation is 2. The van der Waals surface area contributed by atoms with Gasteiger partial charge < -0.3 is 20.2 Å². The molecule has 0 spiro atoms. The predicted octanol–water partition coefficient (Wildman–Crippen LogP) is 5.97. The Morgan fingerprint density at radius 2 is 1.76 bits per heavy atom. The van der Waals surface area contributed by atoms with Gasteiger partial charge in [-0.05, 0) is 56.0 Å². The molecule has 3 aromatic rings. The van der Waals surface area contributed by atoms with E-state index in [1.165, 1.54) is 0 Å². The van der Waals surface area contributed by atoms with Gasteiger partial charge in [-0.15, -0.1) is 0 Å². The lowest BCUT2D eigenvalue weighted by Crippen LogP contribution is -2.26. The van der Waals surface area contributed by atoms with Crippen LogP contribution in [0.15, 0.2) is 59.0 Å². The van der Waals surface area contributed by atoms with Crippen LogP contribution in [0.25, 0.3) is 11.3 Å². The van der Waals surface area contributed by atoms with Crippen LogP contribution in [0, 0.1) is 19.8 Å². The first-order valence-corrected chi connectivity index (χ1v) is 11.3. The van der Waals surface area contributed by atoms with Crippen molar-refractivity contribution in [2.75, 3.05) is 11.9 Å². The molecule has 0 aliphatic rings. The van der Waals surface area contributed by atoms with Crippen LogP contribution in [0.5, 0.6) is 0 Å². The average molecular weight is 449 g/mol. The topological polar surface area (TPSA) is 91.6 Å². The minimum atomic E-state index is -0.937. The normalized spacial score (nSPS) is 11.9. The molecule has 3 N–H and O–H groups in total. The molecule has 1 aromatic heterocycles. The molecule has 1 unspecified atom stereocenters. The zero-order valence-corrected chi connectivity index (χ0v) is 19.6. The largest absolute Gasteiger partial charge is 0.481 e. The van der Waals surface area contributed by atoms with Gasteiger partial charge >= 0.3 is 5.97 Å². The number of carbonyl (C=O) groups excluding carboxylic acids is 1. The van der Waals surface area contributed by atoms with Gasteiger partial charge in [0.15, 0.2) is 0 Å². The van der Waals surface area contributed by atoms with Gasteiger partial charge in [0.2, 0.25) is 0 Å². The molecule has 33 heavy (non-hydrogen) atoms. The fourth-order valence-electron chi connectivity index (χ4n) is 3.91. The molecule has 0 saturated carbocycles. The quantitative estimate of drug-likeness (QED) is 0.355. The maximum absolute atomic E-state index is 12.4. The van der Waals surface area contributed by atoms with E-state index < -0.39 is 5.97 Å². The lowest BCUT2D eigenvalue weighted by atomic mass is 9.96. The van der Waals surface area contributed by atoms with E-state index in [0.717, 1.165) is 40.3 Å². The van der Waals surface area contributed by atoms with Gasteiger partial charge in [0.1, 0.15) is 11.5 Å². The summed E-state index contributed by atoms with van der Waals surface area (Å²) >= 11 is 0. The molecule has 1 heterocycles. The third-order valence-corrected chi connectivity index (χ3v) is 5.53. The molecule has 6 heteroatoms. The molecule has 0 saturated heterocycles. The summed E-state index contributed by atoms with van der Waals surface area (Å²) in [7, 11) is 0. The number of furan rings is 1. The van der Waals surface area contributed by atoms with Crippen LogP contribution in [0.3, 0.4) is 0 Å². The molecule has 0 radical (unpaired) electrons. The van der Waals surface area contributed by atoms with Crippen molar-refractivity contribution in [3.63, 3.8) is 0 Å². The summed E-state index contributed by atoms with van der Waals surface area (Å²) in [6, 6.07) is 17.8. The fourth-order valence-corrected chi connectivity index (χ4v) is 3.91. The van der Waals surface area contributed by atoms with Gasteiger partial charge in [0.05, 0.1) is 12.5 Å². The smallest absolute Gasteiger partial charge is 0.305 e. The average Bonchev–Trinajstić information content (AvgIpc) is 3.15. The summed E-state index contributed by atoms with van der Waals surface area (Å²) in [5.41, 5.74) is 4.45. The summed E-state index contributed by atoms with van der Waals surface area (Å²) in [4.78, 5) is 23.1. The minimum absolute atomic E-state index is 0.0563. The predicted molar refractivity (Wildman–Crippen MR) is 130 cm³/mol. The number of hydrogen-bond donors (Lipinski definition) is 3. The minimum Gasteiger partial charge on any atom is -0.481 e. The highest BCUT2D eigenvalue weighted by atomic mass is 16.4. The molecule has 0 aliphatic heterocycles. The summed E-state index contributed by atoms with van der Waals surface area (Å²) in [6.45, 7) is 8.36.